The van der Waals surface area contributed by atoms with E-state index in [-0.39, 0.29) is 5.92 Å². The summed E-state index contributed by atoms with van der Waals surface area (Å²) in [6, 6.07) is -1.36. The molecule has 0 aromatic carbocycles. The Morgan fingerprint density at radius 2 is 1.44 bits per heavy atom. The molecule has 1 unspecified atom stereocenters. The van der Waals surface area contributed by atoms with Gasteiger partial charge in [0.05, 0.1) is 0 Å². The third-order valence-electron chi connectivity index (χ3n) is 2.56. The van der Waals surface area contributed by atoms with Gasteiger partial charge in [-0.1, -0.05) is 33.6 Å². The highest BCUT2D eigenvalue weighted by atomic mass is 16.4. The molecule has 108 valence electrons. The summed E-state index contributed by atoms with van der Waals surface area (Å²) in [5.74, 6) is -1.73. The van der Waals surface area contributed by atoms with Crippen molar-refractivity contribution in [3.05, 3.63) is 0 Å². The van der Waals surface area contributed by atoms with Gasteiger partial charge in [0.15, 0.2) is 0 Å². The molecule has 0 saturated carbocycles. The topological polar surface area (TPSA) is 127 Å². The average Bonchev–Trinajstić information content (AvgIpc) is 2.29. The first-order chi connectivity index (χ1) is 8.27. The lowest BCUT2D eigenvalue weighted by molar-refractivity contribution is -0.140. The fourth-order valence-corrected chi connectivity index (χ4v) is 1.31. The quantitative estimate of drug-likeness (QED) is 0.543. The molecule has 0 aliphatic carbocycles. The van der Waals surface area contributed by atoms with Crippen LogP contribution in [0.1, 0.15) is 46.5 Å². The molecule has 6 nitrogen and oxygen atoms in total. The van der Waals surface area contributed by atoms with Crippen LogP contribution >= 0.6 is 0 Å². The molecule has 0 amide bonds. The molecule has 0 aromatic rings. The Morgan fingerprint density at radius 1 is 1.00 bits per heavy atom. The number of nitrogens with two attached hydrogens (primary N) is 2. The largest absolute Gasteiger partial charge is 0.480 e. The van der Waals surface area contributed by atoms with Crippen LogP contribution in [0.2, 0.25) is 0 Å². The Hall–Kier alpha value is -1.14. The molecule has 0 saturated heterocycles. The second-order valence-electron chi connectivity index (χ2n) is 4.36. The molecule has 0 fully saturated rings. The lowest BCUT2D eigenvalue weighted by atomic mass is 9.98. The van der Waals surface area contributed by atoms with Crippen molar-refractivity contribution in [1.29, 1.82) is 0 Å². The summed E-state index contributed by atoms with van der Waals surface area (Å²) >= 11 is 0. The molecule has 18 heavy (non-hydrogen) atoms. The zero-order valence-corrected chi connectivity index (χ0v) is 11.4. The predicted octanol–water partition coefficient (Wildman–Crippen LogP) is 1.03. The normalized spacial score (nSPS) is 14.9. The highest BCUT2D eigenvalue weighted by Crippen LogP contribution is 2.08. The van der Waals surface area contributed by atoms with Gasteiger partial charge in [0.25, 0.3) is 0 Å². The molecular formula is C12H26N2O4. The van der Waals surface area contributed by atoms with Crippen LogP contribution in [0.25, 0.3) is 0 Å². The minimum Gasteiger partial charge on any atom is -0.480 e. The summed E-state index contributed by atoms with van der Waals surface area (Å²) in [6.45, 7) is 5.79. The van der Waals surface area contributed by atoms with Crippen LogP contribution in [0.15, 0.2) is 0 Å². The van der Waals surface area contributed by atoms with E-state index < -0.39 is 24.0 Å². The minimum absolute atomic E-state index is 0.0856. The van der Waals surface area contributed by atoms with Crippen LogP contribution in [0.3, 0.4) is 0 Å². The third kappa shape index (κ3) is 10.0. The second-order valence-corrected chi connectivity index (χ2v) is 4.36. The van der Waals surface area contributed by atoms with Crippen LogP contribution in [-0.4, -0.2) is 34.2 Å². The Kier molecular flexibility index (Phi) is 11.7. The molecule has 6 N–H and O–H groups in total. The molecule has 0 aliphatic rings. The molecule has 0 bridgehead atoms. The first-order valence-electron chi connectivity index (χ1n) is 6.24. The molecule has 0 aromatic heterocycles. The van der Waals surface area contributed by atoms with Crippen molar-refractivity contribution in [3.63, 3.8) is 0 Å². The van der Waals surface area contributed by atoms with Crippen LogP contribution in [0.4, 0.5) is 0 Å². The van der Waals surface area contributed by atoms with Crippen molar-refractivity contribution in [3.8, 4) is 0 Å². The van der Waals surface area contributed by atoms with Gasteiger partial charge >= 0.3 is 11.9 Å². The molecule has 0 rings (SSSR count). The molecule has 0 spiro atoms. The standard InChI is InChI=1S/C7H15NO2.C5H11NO2/c1-3-4-5(2)6(8)7(9)10;1-2-3-4(6)5(7)8/h5-6H,3-4,8H2,1-2H3,(H,9,10);4H,2-3,6H2,1H3,(H,7,8)/t5?,6-;4-/m00/s1. The fraction of sp³-hybridized carbons (Fsp3) is 0.833. The van der Waals surface area contributed by atoms with Gasteiger partial charge in [0.2, 0.25) is 0 Å². The number of carbonyl (C=O) groups is 2. The summed E-state index contributed by atoms with van der Waals surface area (Å²) in [4.78, 5) is 20.3. The molecule has 0 aliphatic heterocycles. The highest BCUT2D eigenvalue weighted by Gasteiger charge is 2.18. The van der Waals surface area contributed by atoms with E-state index in [1.807, 2.05) is 20.8 Å². The Labute approximate surface area is 108 Å². The van der Waals surface area contributed by atoms with E-state index in [4.69, 9.17) is 21.7 Å². The number of rotatable bonds is 7. The number of hydrogen-bond acceptors (Lipinski definition) is 4. The zero-order valence-electron chi connectivity index (χ0n) is 11.4. The Balaban J connectivity index is 0. The van der Waals surface area contributed by atoms with Gasteiger partial charge in [0, 0.05) is 0 Å². The summed E-state index contributed by atoms with van der Waals surface area (Å²) in [5.41, 5.74) is 10.5. The van der Waals surface area contributed by atoms with Gasteiger partial charge in [0.1, 0.15) is 12.1 Å². The maximum atomic E-state index is 10.3. The van der Waals surface area contributed by atoms with Crippen molar-refractivity contribution >= 4 is 11.9 Å². The van der Waals surface area contributed by atoms with Crippen LogP contribution in [-0.2, 0) is 9.59 Å². The van der Waals surface area contributed by atoms with Gasteiger partial charge in [-0.3, -0.25) is 9.59 Å². The number of aliphatic carboxylic acids is 2. The SMILES string of the molecule is CCCC(C)[C@H](N)C(=O)O.CCC[C@H](N)C(=O)O. The monoisotopic (exact) mass is 262 g/mol. The van der Waals surface area contributed by atoms with Crippen LogP contribution < -0.4 is 11.5 Å². The maximum absolute atomic E-state index is 10.3. The van der Waals surface area contributed by atoms with Crippen molar-refractivity contribution in [2.75, 3.05) is 0 Å². The van der Waals surface area contributed by atoms with Crippen LogP contribution in [0, 0.1) is 5.92 Å². The summed E-state index contributed by atoms with van der Waals surface area (Å²) in [6.07, 6.45) is 3.26. The first kappa shape index (κ1) is 19.2. The average molecular weight is 262 g/mol. The number of carboxylic acids is 2. The smallest absolute Gasteiger partial charge is 0.320 e. The number of hydrogen-bond donors (Lipinski definition) is 4. The van der Waals surface area contributed by atoms with Gasteiger partial charge in [-0.2, -0.15) is 0 Å². The number of carboxylic acid groups (broad SMARTS) is 2. The first-order valence-corrected chi connectivity index (χ1v) is 6.24. The van der Waals surface area contributed by atoms with Gasteiger partial charge in [-0.25, -0.2) is 0 Å². The van der Waals surface area contributed by atoms with Gasteiger partial charge in [-0.15, -0.1) is 0 Å². The summed E-state index contributed by atoms with van der Waals surface area (Å²) in [5, 5.41) is 16.6. The van der Waals surface area contributed by atoms with E-state index >= 15 is 0 Å². The molecule has 0 radical (unpaired) electrons. The lowest BCUT2D eigenvalue weighted by Crippen LogP contribution is -2.36. The molecular weight excluding hydrogens is 236 g/mol. The fourth-order valence-electron chi connectivity index (χ4n) is 1.31. The van der Waals surface area contributed by atoms with E-state index in [1.54, 1.807) is 0 Å². The molecule has 6 heteroatoms. The van der Waals surface area contributed by atoms with E-state index in [2.05, 4.69) is 0 Å². The zero-order chi connectivity index (χ0) is 14.7. The summed E-state index contributed by atoms with van der Waals surface area (Å²) in [7, 11) is 0. The van der Waals surface area contributed by atoms with E-state index in [9.17, 15) is 9.59 Å². The predicted molar refractivity (Wildman–Crippen MR) is 70.2 cm³/mol. The second kappa shape index (κ2) is 11.0. The lowest BCUT2D eigenvalue weighted by Gasteiger charge is -2.13. The molecule has 0 heterocycles. The van der Waals surface area contributed by atoms with E-state index in [0.29, 0.717) is 6.42 Å². The van der Waals surface area contributed by atoms with Crippen molar-refractivity contribution < 1.29 is 19.8 Å². The maximum Gasteiger partial charge on any atom is 0.320 e. The van der Waals surface area contributed by atoms with Crippen LogP contribution in [0.5, 0.6) is 0 Å². The summed E-state index contributed by atoms with van der Waals surface area (Å²) < 4.78 is 0. The Morgan fingerprint density at radius 3 is 1.67 bits per heavy atom. The van der Waals surface area contributed by atoms with Crippen molar-refractivity contribution in [2.45, 2.75) is 58.5 Å². The van der Waals surface area contributed by atoms with Crippen molar-refractivity contribution in [2.24, 2.45) is 17.4 Å². The van der Waals surface area contributed by atoms with E-state index in [1.165, 1.54) is 0 Å². The van der Waals surface area contributed by atoms with Crippen molar-refractivity contribution in [1.82, 2.24) is 0 Å². The highest BCUT2D eigenvalue weighted by molar-refractivity contribution is 5.73. The third-order valence-corrected chi connectivity index (χ3v) is 2.56. The van der Waals surface area contributed by atoms with Gasteiger partial charge in [-0.05, 0) is 18.8 Å². The van der Waals surface area contributed by atoms with E-state index in [0.717, 1.165) is 19.3 Å². The Bertz CT molecular complexity index is 246. The minimum atomic E-state index is -0.910. The molecule has 3 atom stereocenters. The van der Waals surface area contributed by atoms with Gasteiger partial charge < -0.3 is 21.7 Å².